The summed E-state index contributed by atoms with van der Waals surface area (Å²) >= 11 is 4.87. The van der Waals surface area contributed by atoms with Crippen LogP contribution in [0.2, 0.25) is 0 Å². The van der Waals surface area contributed by atoms with Crippen LogP contribution in [0, 0.1) is 0 Å². The number of thiophene rings is 1. The van der Waals surface area contributed by atoms with Crippen molar-refractivity contribution in [3.8, 4) is 0 Å². The molecule has 0 saturated carbocycles. The fraction of sp³-hybridized carbons (Fsp3) is 0.111. The van der Waals surface area contributed by atoms with Gasteiger partial charge in [0.15, 0.2) is 5.78 Å². The lowest BCUT2D eigenvalue weighted by molar-refractivity contribution is 0.102. The van der Waals surface area contributed by atoms with E-state index in [0.717, 1.165) is 19.4 Å². The van der Waals surface area contributed by atoms with Crippen LogP contribution in [-0.4, -0.2) is 10.8 Å². The molecule has 0 aliphatic heterocycles. The highest BCUT2D eigenvalue weighted by molar-refractivity contribution is 9.10. The van der Waals surface area contributed by atoms with Crippen molar-refractivity contribution in [1.82, 2.24) is 4.98 Å². The predicted octanol–water partition coefficient (Wildman–Crippen LogP) is 3.26. The molecular formula is C9H6BrNOS. The second-order valence-electron chi connectivity index (χ2n) is 2.70. The third-order valence-corrected chi connectivity index (χ3v) is 3.55. The van der Waals surface area contributed by atoms with Crippen LogP contribution in [-0.2, 0) is 0 Å². The Kier molecular flexibility index (Phi) is 2.17. The maximum atomic E-state index is 11.1. The molecule has 0 aliphatic rings. The van der Waals surface area contributed by atoms with Gasteiger partial charge in [0.1, 0.15) is 0 Å². The highest BCUT2D eigenvalue weighted by Gasteiger charge is 2.07. The maximum Gasteiger partial charge on any atom is 0.169 e. The van der Waals surface area contributed by atoms with Crippen LogP contribution in [0.15, 0.2) is 22.9 Å². The molecule has 0 N–H and O–H groups in total. The molecule has 0 atom stereocenters. The molecule has 0 bridgehead atoms. The Balaban J connectivity index is 2.75. The second-order valence-corrected chi connectivity index (χ2v) is 4.64. The summed E-state index contributed by atoms with van der Waals surface area (Å²) < 4.78 is 1.98. The Morgan fingerprint density at radius 1 is 1.54 bits per heavy atom. The van der Waals surface area contributed by atoms with Crippen molar-refractivity contribution in [2.24, 2.45) is 0 Å². The summed E-state index contributed by atoms with van der Waals surface area (Å²) in [5.41, 5.74) is 0. The van der Waals surface area contributed by atoms with Crippen LogP contribution in [0.1, 0.15) is 16.6 Å². The van der Waals surface area contributed by atoms with Crippen LogP contribution in [0.4, 0.5) is 0 Å². The first-order valence-electron chi connectivity index (χ1n) is 3.72. The van der Waals surface area contributed by atoms with Gasteiger partial charge in [0.25, 0.3) is 0 Å². The van der Waals surface area contributed by atoms with Gasteiger partial charge >= 0.3 is 0 Å². The molecular weight excluding hydrogens is 250 g/mol. The zero-order chi connectivity index (χ0) is 9.42. The number of hydrogen-bond acceptors (Lipinski definition) is 3. The predicted molar refractivity (Wildman–Crippen MR) is 57.3 cm³/mol. The third-order valence-electron chi connectivity index (χ3n) is 1.74. The molecule has 0 aliphatic carbocycles. The molecule has 0 aromatic carbocycles. The van der Waals surface area contributed by atoms with E-state index in [9.17, 15) is 4.79 Å². The van der Waals surface area contributed by atoms with Crippen molar-refractivity contribution in [3.05, 3.63) is 27.8 Å². The normalized spacial score (nSPS) is 10.6. The highest BCUT2D eigenvalue weighted by Crippen LogP contribution is 2.30. The lowest BCUT2D eigenvalue weighted by Gasteiger charge is -1.89. The van der Waals surface area contributed by atoms with Crippen LogP contribution in [0.5, 0.6) is 0 Å². The summed E-state index contributed by atoms with van der Waals surface area (Å²) in [6, 6.07) is 1.90. The molecule has 2 rings (SSSR count). The number of Topliss-reactive ketones (excluding diaryl/α,β-unsaturated/α-hetero) is 1. The minimum atomic E-state index is 0.105. The number of ketones is 1. The quantitative estimate of drug-likeness (QED) is 0.733. The minimum absolute atomic E-state index is 0.105. The van der Waals surface area contributed by atoms with Gasteiger partial charge in [0.2, 0.25) is 0 Å². The van der Waals surface area contributed by atoms with E-state index in [1.807, 2.05) is 6.07 Å². The first kappa shape index (κ1) is 8.84. The van der Waals surface area contributed by atoms with E-state index in [2.05, 4.69) is 20.9 Å². The summed E-state index contributed by atoms with van der Waals surface area (Å²) in [5.74, 6) is 0.105. The Morgan fingerprint density at radius 3 is 2.92 bits per heavy atom. The molecule has 2 aromatic rings. The molecule has 0 saturated heterocycles. The van der Waals surface area contributed by atoms with Crippen LogP contribution >= 0.6 is 27.3 Å². The summed E-state index contributed by atoms with van der Waals surface area (Å²) in [7, 11) is 0. The number of fused-ring (bicyclic) bond motifs is 1. The molecule has 0 amide bonds. The summed E-state index contributed by atoms with van der Waals surface area (Å²) in [4.78, 5) is 15.9. The summed E-state index contributed by atoms with van der Waals surface area (Å²) in [5, 5.41) is 1.06. The number of carbonyl (C=O) groups excluding carboxylic acids is 1. The van der Waals surface area contributed by atoms with E-state index < -0.39 is 0 Å². The fourth-order valence-electron chi connectivity index (χ4n) is 1.10. The smallest absolute Gasteiger partial charge is 0.169 e. The van der Waals surface area contributed by atoms with Crippen molar-refractivity contribution in [3.63, 3.8) is 0 Å². The van der Waals surface area contributed by atoms with Crippen LogP contribution in [0.3, 0.4) is 0 Å². The summed E-state index contributed by atoms with van der Waals surface area (Å²) in [6.07, 6.45) is 3.51. The van der Waals surface area contributed by atoms with Crippen LogP contribution < -0.4 is 0 Å². The zero-order valence-electron chi connectivity index (χ0n) is 6.87. The van der Waals surface area contributed by atoms with E-state index in [1.165, 1.54) is 11.3 Å². The standard InChI is InChI=1S/C9H6BrNOS/c1-5(12)8-2-6-7(10)3-11-4-9(6)13-8/h2-4H,1H3. The van der Waals surface area contributed by atoms with Gasteiger partial charge in [-0.3, -0.25) is 9.78 Å². The molecule has 4 heteroatoms. The first-order valence-corrected chi connectivity index (χ1v) is 5.33. The van der Waals surface area contributed by atoms with Gasteiger partial charge in [-0.2, -0.15) is 0 Å². The van der Waals surface area contributed by atoms with E-state index in [1.54, 1.807) is 19.3 Å². The van der Waals surface area contributed by atoms with E-state index >= 15 is 0 Å². The monoisotopic (exact) mass is 255 g/mol. The molecule has 66 valence electrons. The Bertz CT molecular complexity index is 477. The number of nitrogens with zero attached hydrogens (tertiary/aromatic N) is 1. The first-order chi connectivity index (χ1) is 6.18. The molecule has 2 nitrogen and oxygen atoms in total. The third kappa shape index (κ3) is 1.51. The number of carbonyl (C=O) groups is 1. The molecule has 13 heavy (non-hydrogen) atoms. The molecule has 2 aromatic heterocycles. The molecule has 0 unspecified atom stereocenters. The average molecular weight is 256 g/mol. The van der Waals surface area contributed by atoms with Crippen molar-refractivity contribution < 1.29 is 4.79 Å². The molecule has 0 fully saturated rings. The summed E-state index contributed by atoms with van der Waals surface area (Å²) in [6.45, 7) is 1.58. The van der Waals surface area contributed by atoms with Gasteiger partial charge < -0.3 is 0 Å². The average Bonchev–Trinajstić information content (AvgIpc) is 2.49. The zero-order valence-corrected chi connectivity index (χ0v) is 9.28. The van der Waals surface area contributed by atoms with E-state index in [-0.39, 0.29) is 5.78 Å². The van der Waals surface area contributed by atoms with Gasteiger partial charge in [0, 0.05) is 22.3 Å². The van der Waals surface area contributed by atoms with Crippen molar-refractivity contribution in [2.75, 3.05) is 0 Å². The minimum Gasteiger partial charge on any atom is -0.294 e. The number of rotatable bonds is 1. The molecule has 2 heterocycles. The van der Waals surface area contributed by atoms with Gasteiger partial charge in [-0.05, 0) is 28.9 Å². The lowest BCUT2D eigenvalue weighted by Crippen LogP contribution is -1.83. The van der Waals surface area contributed by atoms with Crippen molar-refractivity contribution in [2.45, 2.75) is 6.92 Å². The molecule has 0 spiro atoms. The van der Waals surface area contributed by atoms with Gasteiger partial charge in [-0.1, -0.05) is 0 Å². The van der Waals surface area contributed by atoms with E-state index in [4.69, 9.17) is 0 Å². The topological polar surface area (TPSA) is 30.0 Å². The van der Waals surface area contributed by atoms with Crippen LogP contribution in [0.25, 0.3) is 10.1 Å². The van der Waals surface area contributed by atoms with Gasteiger partial charge in [-0.25, -0.2) is 0 Å². The number of halogens is 1. The van der Waals surface area contributed by atoms with Gasteiger partial charge in [-0.15, -0.1) is 11.3 Å². The fourth-order valence-corrected chi connectivity index (χ4v) is 2.63. The van der Waals surface area contributed by atoms with Crippen molar-refractivity contribution >= 4 is 43.1 Å². The second kappa shape index (κ2) is 3.20. The van der Waals surface area contributed by atoms with E-state index in [0.29, 0.717) is 0 Å². The SMILES string of the molecule is CC(=O)c1cc2c(Br)cncc2s1. The largest absolute Gasteiger partial charge is 0.294 e. The lowest BCUT2D eigenvalue weighted by atomic mass is 10.3. The molecule has 0 radical (unpaired) electrons. The maximum absolute atomic E-state index is 11.1. The highest BCUT2D eigenvalue weighted by atomic mass is 79.9. The Hall–Kier alpha value is -0.740. The van der Waals surface area contributed by atoms with Crippen molar-refractivity contribution in [1.29, 1.82) is 0 Å². The van der Waals surface area contributed by atoms with Gasteiger partial charge in [0.05, 0.1) is 9.58 Å². The number of aromatic nitrogens is 1. The Labute approximate surface area is 87.7 Å². The number of pyridine rings is 1. The number of hydrogen-bond donors (Lipinski definition) is 0. The Morgan fingerprint density at radius 2 is 2.31 bits per heavy atom.